The standard InChI is InChI=1S/C20H24N4O3/c21-18-13-22-9-6-17(18)19(25)23-12-15-7-10-24(11-8-15)20(26)27-14-16-4-2-1-3-5-16/h1-6,9,13,15H,7-8,10-12,14,21H2,(H,23,25). The summed E-state index contributed by atoms with van der Waals surface area (Å²) in [7, 11) is 0. The van der Waals surface area contributed by atoms with E-state index in [1.807, 2.05) is 30.3 Å². The van der Waals surface area contributed by atoms with Crippen LogP contribution in [0.5, 0.6) is 0 Å². The van der Waals surface area contributed by atoms with Gasteiger partial charge in [-0.3, -0.25) is 9.78 Å². The minimum atomic E-state index is -0.286. The smallest absolute Gasteiger partial charge is 0.410 e. The van der Waals surface area contributed by atoms with Gasteiger partial charge in [-0.15, -0.1) is 0 Å². The molecule has 0 radical (unpaired) electrons. The second-order valence-electron chi connectivity index (χ2n) is 6.64. The molecule has 1 aromatic heterocycles. The number of nitrogens with two attached hydrogens (primary N) is 1. The molecule has 0 bridgehead atoms. The highest BCUT2D eigenvalue weighted by Gasteiger charge is 2.24. The molecule has 2 heterocycles. The first kappa shape index (κ1) is 18.7. The number of nitrogens with one attached hydrogen (secondary N) is 1. The number of benzene rings is 1. The third kappa shape index (κ3) is 5.20. The number of rotatable bonds is 5. The van der Waals surface area contributed by atoms with Crippen LogP contribution < -0.4 is 11.1 Å². The lowest BCUT2D eigenvalue weighted by atomic mass is 9.97. The van der Waals surface area contributed by atoms with Crippen molar-refractivity contribution in [3.05, 3.63) is 59.9 Å². The Bertz CT molecular complexity index is 774. The van der Waals surface area contributed by atoms with Crippen LogP contribution in [0.3, 0.4) is 0 Å². The van der Waals surface area contributed by atoms with E-state index in [2.05, 4.69) is 10.3 Å². The van der Waals surface area contributed by atoms with Gasteiger partial charge in [0.1, 0.15) is 6.61 Å². The maximum atomic E-state index is 12.2. The second kappa shape index (κ2) is 9.02. The highest BCUT2D eigenvalue weighted by atomic mass is 16.6. The summed E-state index contributed by atoms with van der Waals surface area (Å²) in [6.07, 6.45) is 4.38. The summed E-state index contributed by atoms with van der Waals surface area (Å²) in [5.74, 6) is 0.134. The van der Waals surface area contributed by atoms with Crippen LogP contribution in [-0.2, 0) is 11.3 Å². The second-order valence-corrected chi connectivity index (χ2v) is 6.64. The van der Waals surface area contributed by atoms with Crippen molar-refractivity contribution in [2.24, 2.45) is 5.92 Å². The van der Waals surface area contributed by atoms with Crippen molar-refractivity contribution in [3.8, 4) is 0 Å². The number of hydrogen-bond acceptors (Lipinski definition) is 5. The Morgan fingerprint density at radius 2 is 1.93 bits per heavy atom. The third-order valence-electron chi connectivity index (χ3n) is 4.73. The quantitative estimate of drug-likeness (QED) is 0.845. The minimum Gasteiger partial charge on any atom is -0.445 e. The molecule has 0 spiro atoms. The van der Waals surface area contributed by atoms with Crippen LogP contribution >= 0.6 is 0 Å². The molecule has 3 N–H and O–H groups in total. The van der Waals surface area contributed by atoms with Crippen LogP contribution in [0.15, 0.2) is 48.8 Å². The van der Waals surface area contributed by atoms with Gasteiger partial charge < -0.3 is 20.7 Å². The zero-order valence-electron chi connectivity index (χ0n) is 15.1. The van der Waals surface area contributed by atoms with Crippen molar-refractivity contribution in [3.63, 3.8) is 0 Å². The predicted molar refractivity (Wildman–Crippen MR) is 102 cm³/mol. The number of hydrogen-bond donors (Lipinski definition) is 2. The van der Waals surface area contributed by atoms with Crippen molar-refractivity contribution in [1.29, 1.82) is 0 Å². The van der Waals surface area contributed by atoms with Crippen molar-refractivity contribution in [2.45, 2.75) is 19.4 Å². The molecule has 1 saturated heterocycles. The van der Waals surface area contributed by atoms with Crippen LogP contribution in [0.25, 0.3) is 0 Å². The fraction of sp³-hybridized carbons (Fsp3) is 0.350. The lowest BCUT2D eigenvalue weighted by Gasteiger charge is -2.31. The zero-order chi connectivity index (χ0) is 19.1. The summed E-state index contributed by atoms with van der Waals surface area (Å²) >= 11 is 0. The Kier molecular flexibility index (Phi) is 6.25. The maximum Gasteiger partial charge on any atom is 0.410 e. The molecular formula is C20H24N4O3. The molecule has 0 atom stereocenters. The van der Waals surface area contributed by atoms with E-state index in [0.29, 0.717) is 36.8 Å². The summed E-state index contributed by atoms with van der Waals surface area (Å²) in [6.45, 7) is 2.10. The van der Waals surface area contributed by atoms with Gasteiger partial charge in [-0.25, -0.2) is 4.79 Å². The molecule has 1 aliphatic rings. The van der Waals surface area contributed by atoms with Gasteiger partial charge in [-0.2, -0.15) is 0 Å². The fourth-order valence-corrected chi connectivity index (χ4v) is 3.08. The topological polar surface area (TPSA) is 97.5 Å². The summed E-state index contributed by atoms with van der Waals surface area (Å²) in [6, 6.07) is 11.2. The first-order chi connectivity index (χ1) is 13.1. The molecule has 142 valence electrons. The Hall–Kier alpha value is -3.09. The fourth-order valence-electron chi connectivity index (χ4n) is 3.08. The molecule has 2 amide bonds. The van der Waals surface area contributed by atoms with Crippen LogP contribution in [0, 0.1) is 5.92 Å². The van der Waals surface area contributed by atoms with E-state index in [1.54, 1.807) is 17.2 Å². The van der Waals surface area contributed by atoms with Crippen LogP contribution in [-0.4, -0.2) is 41.5 Å². The summed E-state index contributed by atoms with van der Waals surface area (Å²) in [5, 5.41) is 2.92. The zero-order valence-corrected chi connectivity index (χ0v) is 15.1. The van der Waals surface area contributed by atoms with Gasteiger partial charge in [0.25, 0.3) is 5.91 Å². The number of amides is 2. The van der Waals surface area contributed by atoms with E-state index in [-0.39, 0.29) is 18.6 Å². The maximum absolute atomic E-state index is 12.2. The van der Waals surface area contributed by atoms with Gasteiger partial charge in [0.15, 0.2) is 0 Å². The monoisotopic (exact) mass is 368 g/mol. The van der Waals surface area contributed by atoms with E-state index in [9.17, 15) is 9.59 Å². The number of carbonyl (C=O) groups is 2. The number of nitrogens with zero attached hydrogens (tertiary/aromatic N) is 2. The molecule has 2 aromatic rings. The number of carbonyl (C=O) groups excluding carboxylic acids is 2. The molecule has 7 heteroatoms. The number of pyridine rings is 1. The molecule has 0 aliphatic carbocycles. The lowest BCUT2D eigenvalue weighted by molar-refractivity contribution is 0.0801. The van der Waals surface area contributed by atoms with Crippen molar-refractivity contribution < 1.29 is 14.3 Å². The molecule has 0 unspecified atom stereocenters. The number of likely N-dealkylation sites (tertiary alicyclic amines) is 1. The van der Waals surface area contributed by atoms with E-state index < -0.39 is 0 Å². The average Bonchev–Trinajstić information content (AvgIpc) is 2.72. The average molecular weight is 368 g/mol. The van der Waals surface area contributed by atoms with Crippen molar-refractivity contribution in [2.75, 3.05) is 25.4 Å². The van der Waals surface area contributed by atoms with Crippen LogP contribution in [0.4, 0.5) is 10.5 Å². The number of piperidine rings is 1. The van der Waals surface area contributed by atoms with Gasteiger partial charge >= 0.3 is 6.09 Å². The number of aromatic nitrogens is 1. The summed E-state index contributed by atoms with van der Waals surface area (Å²) in [5.41, 5.74) is 7.55. The summed E-state index contributed by atoms with van der Waals surface area (Å²) in [4.78, 5) is 30.0. The molecule has 1 aromatic carbocycles. The Balaban J connectivity index is 1.39. The Morgan fingerprint density at radius 1 is 1.19 bits per heavy atom. The molecule has 1 aliphatic heterocycles. The Labute approximate surface area is 158 Å². The molecule has 3 rings (SSSR count). The van der Waals surface area contributed by atoms with E-state index >= 15 is 0 Å². The number of nitrogen functional groups attached to an aromatic ring is 1. The minimum absolute atomic E-state index is 0.195. The van der Waals surface area contributed by atoms with Gasteiger partial charge in [0, 0.05) is 25.8 Å². The van der Waals surface area contributed by atoms with Gasteiger partial charge in [0.05, 0.1) is 17.4 Å². The molecular weight excluding hydrogens is 344 g/mol. The van der Waals surface area contributed by atoms with Gasteiger partial charge in [-0.1, -0.05) is 30.3 Å². The molecule has 0 saturated carbocycles. The highest BCUT2D eigenvalue weighted by Crippen LogP contribution is 2.18. The first-order valence-corrected chi connectivity index (χ1v) is 9.07. The first-order valence-electron chi connectivity index (χ1n) is 9.07. The molecule has 7 nitrogen and oxygen atoms in total. The normalized spacial score (nSPS) is 14.6. The molecule has 27 heavy (non-hydrogen) atoms. The van der Waals surface area contributed by atoms with Crippen molar-refractivity contribution >= 4 is 17.7 Å². The van der Waals surface area contributed by atoms with Crippen LogP contribution in [0.2, 0.25) is 0 Å². The van der Waals surface area contributed by atoms with Gasteiger partial charge in [-0.05, 0) is 30.4 Å². The van der Waals surface area contributed by atoms with Gasteiger partial charge in [0.2, 0.25) is 0 Å². The number of ether oxygens (including phenoxy) is 1. The highest BCUT2D eigenvalue weighted by molar-refractivity contribution is 5.98. The largest absolute Gasteiger partial charge is 0.445 e. The number of anilines is 1. The predicted octanol–water partition coefficient (Wildman–Crippen LogP) is 2.44. The van der Waals surface area contributed by atoms with E-state index in [1.165, 1.54) is 6.20 Å². The van der Waals surface area contributed by atoms with Crippen molar-refractivity contribution in [1.82, 2.24) is 15.2 Å². The van der Waals surface area contributed by atoms with Crippen LogP contribution in [0.1, 0.15) is 28.8 Å². The molecule has 1 fully saturated rings. The lowest BCUT2D eigenvalue weighted by Crippen LogP contribution is -2.41. The van der Waals surface area contributed by atoms with E-state index in [4.69, 9.17) is 10.5 Å². The van der Waals surface area contributed by atoms with E-state index in [0.717, 1.165) is 18.4 Å². The third-order valence-corrected chi connectivity index (χ3v) is 4.73. The summed E-state index contributed by atoms with van der Waals surface area (Å²) < 4.78 is 5.37. The Morgan fingerprint density at radius 3 is 2.63 bits per heavy atom. The SMILES string of the molecule is Nc1cnccc1C(=O)NCC1CCN(C(=O)OCc2ccccc2)CC1.